The number of hydrogen-bond acceptors (Lipinski definition) is 2. The Balaban J connectivity index is 2.23. The normalized spacial score (nSPS) is 17.9. The van der Waals surface area contributed by atoms with Gasteiger partial charge in [0.15, 0.2) is 0 Å². The molecule has 1 aliphatic heterocycles. The summed E-state index contributed by atoms with van der Waals surface area (Å²) in [4.78, 5) is 27.6. The van der Waals surface area contributed by atoms with E-state index in [4.69, 9.17) is 34.8 Å². The van der Waals surface area contributed by atoms with Crippen molar-refractivity contribution in [2.24, 2.45) is 5.92 Å². The van der Waals surface area contributed by atoms with Gasteiger partial charge in [-0.1, -0.05) is 23.2 Å². The average Bonchev–Trinajstić information content (AvgIpc) is 2.82. The molecule has 1 atom stereocenters. The second-order valence-electron chi connectivity index (χ2n) is 5.31. The van der Waals surface area contributed by atoms with E-state index in [9.17, 15) is 9.59 Å². The topological polar surface area (TPSA) is 40.6 Å². The Bertz CT molecular complexity index is 580. The average molecular weight is 364 g/mol. The zero-order chi connectivity index (χ0) is 16.3. The SMILES string of the molecule is CN1CC(C(=O)N(CCCCl)c2ccc(Cl)c(Cl)c2)CC1=O. The summed E-state index contributed by atoms with van der Waals surface area (Å²) < 4.78 is 0. The molecule has 1 heterocycles. The Labute approximate surface area is 144 Å². The zero-order valence-corrected chi connectivity index (χ0v) is 14.5. The zero-order valence-electron chi connectivity index (χ0n) is 12.2. The van der Waals surface area contributed by atoms with Gasteiger partial charge in [0.05, 0.1) is 16.0 Å². The Morgan fingerprint density at radius 1 is 1.36 bits per heavy atom. The lowest BCUT2D eigenvalue weighted by Gasteiger charge is -2.25. The molecule has 1 unspecified atom stereocenters. The van der Waals surface area contributed by atoms with Crippen LogP contribution in [-0.2, 0) is 9.59 Å². The van der Waals surface area contributed by atoms with Gasteiger partial charge in [-0.2, -0.15) is 0 Å². The van der Waals surface area contributed by atoms with Gasteiger partial charge in [0.1, 0.15) is 0 Å². The number of alkyl halides is 1. The van der Waals surface area contributed by atoms with Crippen LogP contribution in [0, 0.1) is 5.92 Å². The number of likely N-dealkylation sites (tertiary alicyclic amines) is 1. The number of amides is 2. The molecular weight excluding hydrogens is 347 g/mol. The quantitative estimate of drug-likeness (QED) is 0.752. The van der Waals surface area contributed by atoms with Gasteiger partial charge in [-0.25, -0.2) is 0 Å². The van der Waals surface area contributed by atoms with Gasteiger partial charge in [0, 0.05) is 38.1 Å². The van der Waals surface area contributed by atoms with Gasteiger partial charge < -0.3 is 9.80 Å². The lowest BCUT2D eigenvalue weighted by Crippen LogP contribution is -2.38. The Kier molecular flexibility index (Phi) is 5.95. The van der Waals surface area contributed by atoms with Crippen molar-refractivity contribution in [1.29, 1.82) is 0 Å². The maximum absolute atomic E-state index is 12.8. The number of hydrogen-bond donors (Lipinski definition) is 0. The largest absolute Gasteiger partial charge is 0.345 e. The van der Waals surface area contributed by atoms with E-state index in [1.54, 1.807) is 35.0 Å². The Morgan fingerprint density at radius 2 is 2.09 bits per heavy atom. The first kappa shape index (κ1) is 17.4. The molecular formula is C15H17Cl3N2O2. The fourth-order valence-corrected chi connectivity index (χ4v) is 2.90. The van der Waals surface area contributed by atoms with Crippen LogP contribution in [0.3, 0.4) is 0 Å². The summed E-state index contributed by atoms with van der Waals surface area (Å²) in [6, 6.07) is 5.07. The predicted molar refractivity (Wildman–Crippen MR) is 89.9 cm³/mol. The molecule has 0 aromatic heterocycles. The molecule has 7 heteroatoms. The Hall–Kier alpha value is -0.970. The molecule has 1 aromatic rings. The summed E-state index contributed by atoms with van der Waals surface area (Å²) >= 11 is 17.7. The molecule has 2 amide bonds. The second kappa shape index (κ2) is 7.53. The number of rotatable bonds is 5. The maximum Gasteiger partial charge on any atom is 0.232 e. The third kappa shape index (κ3) is 3.86. The van der Waals surface area contributed by atoms with E-state index in [1.807, 2.05) is 0 Å². The number of anilines is 1. The number of benzene rings is 1. The van der Waals surface area contributed by atoms with Crippen LogP contribution in [0.1, 0.15) is 12.8 Å². The minimum atomic E-state index is -0.331. The fourth-order valence-electron chi connectivity index (χ4n) is 2.49. The molecule has 1 aliphatic rings. The van der Waals surface area contributed by atoms with Crippen molar-refractivity contribution < 1.29 is 9.59 Å². The smallest absolute Gasteiger partial charge is 0.232 e. The van der Waals surface area contributed by atoms with Gasteiger partial charge in [-0.15, -0.1) is 11.6 Å². The second-order valence-corrected chi connectivity index (χ2v) is 6.50. The number of carbonyl (C=O) groups excluding carboxylic acids is 2. The van der Waals surface area contributed by atoms with Crippen LogP contribution in [0.25, 0.3) is 0 Å². The van der Waals surface area contributed by atoms with E-state index in [-0.39, 0.29) is 24.2 Å². The van der Waals surface area contributed by atoms with Crippen molar-refractivity contribution in [3.63, 3.8) is 0 Å². The van der Waals surface area contributed by atoms with Gasteiger partial charge in [0.25, 0.3) is 0 Å². The van der Waals surface area contributed by atoms with Gasteiger partial charge in [-0.05, 0) is 24.6 Å². The van der Waals surface area contributed by atoms with Crippen LogP contribution in [0.15, 0.2) is 18.2 Å². The molecule has 22 heavy (non-hydrogen) atoms. The van der Waals surface area contributed by atoms with Crippen molar-refractivity contribution in [3.8, 4) is 0 Å². The minimum Gasteiger partial charge on any atom is -0.345 e. The molecule has 120 valence electrons. The molecule has 0 bridgehead atoms. The summed E-state index contributed by atoms with van der Waals surface area (Å²) in [5.41, 5.74) is 0.673. The first-order valence-corrected chi connectivity index (χ1v) is 8.29. The summed E-state index contributed by atoms with van der Waals surface area (Å²) in [6.45, 7) is 0.922. The third-order valence-electron chi connectivity index (χ3n) is 3.69. The van der Waals surface area contributed by atoms with Crippen molar-refractivity contribution >= 4 is 52.3 Å². The van der Waals surface area contributed by atoms with Gasteiger partial charge in [0.2, 0.25) is 11.8 Å². The van der Waals surface area contributed by atoms with Crippen LogP contribution >= 0.6 is 34.8 Å². The lowest BCUT2D eigenvalue weighted by atomic mass is 10.1. The van der Waals surface area contributed by atoms with Crippen LogP contribution in [0.2, 0.25) is 10.0 Å². The van der Waals surface area contributed by atoms with Gasteiger partial charge in [-0.3, -0.25) is 9.59 Å². The molecule has 1 saturated heterocycles. The first-order valence-electron chi connectivity index (χ1n) is 7.00. The van der Waals surface area contributed by atoms with Crippen molar-refractivity contribution in [1.82, 2.24) is 4.90 Å². The molecule has 1 fully saturated rings. The summed E-state index contributed by atoms with van der Waals surface area (Å²) in [5, 5.41) is 0.827. The molecule has 4 nitrogen and oxygen atoms in total. The fraction of sp³-hybridized carbons (Fsp3) is 0.467. The summed E-state index contributed by atoms with van der Waals surface area (Å²) in [5.74, 6) is 0.0301. The van der Waals surface area contributed by atoms with E-state index in [1.165, 1.54) is 0 Å². The standard InChI is InChI=1S/C15H17Cl3N2O2/c1-19-9-10(7-14(19)21)15(22)20(6-2-5-16)11-3-4-12(17)13(18)8-11/h3-4,8,10H,2,5-7,9H2,1H3. The van der Waals surface area contributed by atoms with Crippen LogP contribution < -0.4 is 4.90 Å². The number of halogens is 3. The molecule has 1 aromatic carbocycles. The number of carbonyl (C=O) groups is 2. The molecule has 0 saturated carbocycles. The van der Waals surface area contributed by atoms with E-state index < -0.39 is 0 Å². The molecule has 0 aliphatic carbocycles. The number of nitrogens with zero attached hydrogens (tertiary/aromatic N) is 2. The predicted octanol–water partition coefficient (Wildman–Crippen LogP) is 3.43. The van der Waals surface area contributed by atoms with E-state index >= 15 is 0 Å². The van der Waals surface area contributed by atoms with Crippen molar-refractivity contribution in [3.05, 3.63) is 28.2 Å². The monoisotopic (exact) mass is 362 g/mol. The van der Waals surface area contributed by atoms with Crippen LogP contribution in [0.4, 0.5) is 5.69 Å². The van der Waals surface area contributed by atoms with Crippen LogP contribution in [0.5, 0.6) is 0 Å². The highest BCUT2D eigenvalue weighted by Crippen LogP contribution is 2.29. The molecule has 0 spiro atoms. The first-order chi connectivity index (χ1) is 10.4. The molecule has 2 rings (SSSR count). The highest BCUT2D eigenvalue weighted by molar-refractivity contribution is 6.42. The highest BCUT2D eigenvalue weighted by Gasteiger charge is 2.35. The van der Waals surface area contributed by atoms with E-state index in [0.29, 0.717) is 41.1 Å². The van der Waals surface area contributed by atoms with Crippen molar-refractivity contribution in [2.45, 2.75) is 12.8 Å². The van der Waals surface area contributed by atoms with Crippen molar-refractivity contribution in [2.75, 3.05) is 30.9 Å². The third-order valence-corrected chi connectivity index (χ3v) is 4.69. The highest BCUT2D eigenvalue weighted by atomic mass is 35.5. The minimum absolute atomic E-state index is 0.00946. The Morgan fingerprint density at radius 3 is 2.64 bits per heavy atom. The summed E-state index contributed by atoms with van der Waals surface area (Å²) in [6.07, 6.45) is 0.901. The molecule has 0 N–H and O–H groups in total. The van der Waals surface area contributed by atoms with Gasteiger partial charge >= 0.3 is 0 Å². The summed E-state index contributed by atoms with van der Waals surface area (Å²) in [7, 11) is 1.71. The van der Waals surface area contributed by atoms with E-state index in [0.717, 1.165) is 0 Å². The maximum atomic E-state index is 12.8. The van der Waals surface area contributed by atoms with Crippen LogP contribution in [-0.4, -0.2) is 42.7 Å². The molecule has 0 radical (unpaired) electrons. The van der Waals surface area contributed by atoms with E-state index in [2.05, 4.69) is 0 Å². The lowest BCUT2D eigenvalue weighted by molar-refractivity contribution is -0.127.